The number of nitrogens with two attached hydrogens (primary N) is 1. The standard InChI is InChI=1S/C26H35ClN4O2S/c1-4-6-12-23(29-18-20-13-15-21(16-14-20)34(28,32)33)24-25(27)30-26(31(24)17-7-5-2)22-11-9-8-10-19(22)3/h8-11,13-16,23,29H,4-7,12,17-18H2,1-3H3,(H2,28,32,33). The van der Waals surface area contributed by atoms with Crippen molar-refractivity contribution in [3.05, 3.63) is 70.5 Å². The zero-order chi connectivity index (χ0) is 24.7. The number of primary sulfonamides is 1. The summed E-state index contributed by atoms with van der Waals surface area (Å²) in [6, 6.07) is 15.0. The lowest BCUT2D eigenvalue weighted by Gasteiger charge is -2.22. The summed E-state index contributed by atoms with van der Waals surface area (Å²) in [7, 11) is -3.70. The summed E-state index contributed by atoms with van der Waals surface area (Å²) in [4.78, 5) is 4.94. The normalized spacial score (nSPS) is 12.7. The molecule has 2 aromatic carbocycles. The maximum atomic E-state index is 11.6. The number of hydrogen-bond acceptors (Lipinski definition) is 4. The third-order valence-corrected chi connectivity index (χ3v) is 7.27. The number of imidazole rings is 1. The molecule has 184 valence electrons. The van der Waals surface area contributed by atoms with E-state index in [0.717, 1.165) is 61.3 Å². The van der Waals surface area contributed by atoms with E-state index >= 15 is 0 Å². The van der Waals surface area contributed by atoms with Gasteiger partial charge in [0.05, 0.1) is 16.6 Å². The second kappa shape index (κ2) is 12.0. The molecule has 8 heteroatoms. The Morgan fingerprint density at radius 1 is 1.06 bits per heavy atom. The van der Waals surface area contributed by atoms with Crippen LogP contribution in [-0.4, -0.2) is 18.0 Å². The minimum absolute atomic E-state index is 0.0208. The van der Waals surface area contributed by atoms with Gasteiger partial charge >= 0.3 is 0 Å². The van der Waals surface area contributed by atoms with E-state index in [2.05, 4.69) is 42.8 Å². The lowest BCUT2D eigenvalue weighted by Crippen LogP contribution is -2.24. The van der Waals surface area contributed by atoms with E-state index in [1.807, 2.05) is 12.1 Å². The molecule has 1 unspecified atom stereocenters. The van der Waals surface area contributed by atoms with Crippen LogP contribution in [0.2, 0.25) is 5.15 Å². The van der Waals surface area contributed by atoms with Gasteiger partial charge < -0.3 is 9.88 Å². The first kappa shape index (κ1) is 26.4. The second-order valence-electron chi connectivity index (χ2n) is 8.70. The molecule has 3 N–H and O–H groups in total. The number of nitrogens with zero attached hydrogens (tertiary/aromatic N) is 2. The third-order valence-electron chi connectivity index (χ3n) is 6.06. The first-order valence-corrected chi connectivity index (χ1v) is 13.9. The van der Waals surface area contributed by atoms with E-state index in [1.54, 1.807) is 24.3 Å². The molecule has 0 bridgehead atoms. The Bertz CT molecular complexity index is 1190. The van der Waals surface area contributed by atoms with Gasteiger partial charge in [0.15, 0.2) is 5.15 Å². The van der Waals surface area contributed by atoms with Crippen LogP contribution in [0.3, 0.4) is 0 Å². The lowest BCUT2D eigenvalue weighted by atomic mass is 10.1. The number of nitrogens with one attached hydrogen (secondary N) is 1. The van der Waals surface area contributed by atoms with Gasteiger partial charge in [-0.15, -0.1) is 0 Å². The molecule has 3 rings (SSSR count). The van der Waals surface area contributed by atoms with E-state index in [4.69, 9.17) is 21.7 Å². The van der Waals surface area contributed by atoms with Crippen LogP contribution in [-0.2, 0) is 23.1 Å². The molecule has 6 nitrogen and oxygen atoms in total. The summed E-state index contributed by atoms with van der Waals surface area (Å²) in [5.74, 6) is 0.910. The average Bonchev–Trinajstić information content (AvgIpc) is 3.13. The summed E-state index contributed by atoms with van der Waals surface area (Å²) < 4.78 is 25.4. The monoisotopic (exact) mass is 502 g/mol. The number of unbranched alkanes of at least 4 members (excludes halogenated alkanes) is 2. The topological polar surface area (TPSA) is 90.0 Å². The number of benzene rings is 2. The Labute approximate surface area is 208 Å². The van der Waals surface area contributed by atoms with Crippen LogP contribution in [0.1, 0.15) is 68.8 Å². The number of rotatable bonds is 12. The molecule has 0 fully saturated rings. The zero-order valence-corrected chi connectivity index (χ0v) is 21.8. The molecule has 3 aromatic rings. The highest BCUT2D eigenvalue weighted by Crippen LogP contribution is 2.34. The molecule has 1 heterocycles. The quantitative estimate of drug-likeness (QED) is 0.318. The zero-order valence-electron chi connectivity index (χ0n) is 20.2. The van der Waals surface area contributed by atoms with E-state index in [9.17, 15) is 8.42 Å². The SMILES string of the molecule is CCCCC(NCc1ccc(S(N)(=O)=O)cc1)c1c(Cl)nc(-c2ccccc2C)n1CCCC. The summed E-state index contributed by atoms with van der Waals surface area (Å²) >= 11 is 6.81. The van der Waals surface area contributed by atoms with Crippen LogP contribution in [0, 0.1) is 6.92 Å². The number of halogens is 1. The van der Waals surface area contributed by atoms with E-state index in [1.165, 1.54) is 5.56 Å². The molecule has 34 heavy (non-hydrogen) atoms. The van der Waals surface area contributed by atoms with Crippen molar-refractivity contribution in [2.45, 2.75) is 76.9 Å². The van der Waals surface area contributed by atoms with Gasteiger partial charge in [-0.2, -0.15) is 0 Å². The fourth-order valence-corrected chi connectivity index (χ4v) is 4.95. The third kappa shape index (κ3) is 6.48. The highest BCUT2D eigenvalue weighted by Gasteiger charge is 2.24. The van der Waals surface area contributed by atoms with E-state index in [-0.39, 0.29) is 10.9 Å². The Balaban J connectivity index is 1.95. The average molecular weight is 503 g/mol. The molecule has 0 radical (unpaired) electrons. The molecule has 0 aliphatic heterocycles. The Kier molecular flexibility index (Phi) is 9.31. The highest BCUT2D eigenvalue weighted by atomic mass is 35.5. The number of hydrogen-bond donors (Lipinski definition) is 2. The lowest BCUT2D eigenvalue weighted by molar-refractivity contribution is 0.448. The van der Waals surface area contributed by atoms with Crippen molar-refractivity contribution in [3.8, 4) is 11.4 Å². The van der Waals surface area contributed by atoms with Crippen LogP contribution in [0.15, 0.2) is 53.4 Å². The van der Waals surface area contributed by atoms with Crippen molar-refractivity contribution in [1.29, 1.82) is 0 Å². The van der Waals surface area contributed by atoms with Gasteiger partial charge in [-0.3, -0.25) is 0 Å². The van der Waals surface area contributed by atoms with Crippen molar-refractivity contribution in [2.75, 3.05) is 0 Å². The largest absolute Gasteiger partial charge is 0.325 e. The Morgan fingerprint density at radius 2 is 1.74 bits per heavy atom. The molecule has 1 atom stereocenters. The number of aryl methyl sites for hydroxylation is 1. The molecular formula is C26H35ClN4O2S. The van der Waals surface area contributed by atoms with Crippen molar-refractivity contribution >= 4 is 21.6 Å². The smallest absolute Gasteiger partial charge is 0.238 e. The number of sulfonamides is 1. The maximum absolute atomic E-state index is 11.6. The molecular weight excluding hydrogens is 468 g/mol. The summed E-state index contributed by atoms with van der Waals surface area (Å²) in [6.07, 6.45) is 5.17. The van der Waals surface area contributed by atoms with Gasteiger partial charge in [-0.05, 0) is 43.0 Å². The predicted molar refractivity (Wildman–Crippen MR) is 139 cm³/mol. The Morgan fingerprint density at radius 3 is 2.35 bits per heavy atom. The molecule has 0 aliphatic carbocycles. The summed E-state index contributed by atoms with van der Waals surface area (Å²) in [6.45, 7) is 7.89. The fourth-order valence-electron chi connectivity index (χ4n) is 4.12. The van der Waals surface area contributed by atoms with Crippen LogP contribution in [0.4, 0.5) is 0 Å². The van der Waals surface area contributed by atoms with Crippen molar-refractivity contribution in [2.24, 2.45) is 5.14 Å². The van der Waals surface area contributed by atoms with E-state index < -0.39 is 10.0 Å². The van der Waals surface area contributed by atoms with Crippen molar-refractivity contribution in [1.82, 2.24) is 14.9 Å². The van der Waals surface area contributed by atoms with Gasteiger partial charge in [0.2, 0.25) is 10.0 Å². The van der Waals surface area contributed by atoms with Crippen LogP contribution in [0.5, 0.6) is 0 Å². The summed E-state index contributed by atoms with van der Waals surface area (Å²) in [5.41, 5.74) is 4.26. The molecule has 0 amide bonds. The van der Waals surface area contributed by atoms with Gasteiger partial charge in [0.1, 0.15) is 5.82 Å². The first-order valence-electron chi connectivity index (χ1n) is 11.9. The van der Waals surface area contributed by atoms with E-state index in [0.29, 0.717) is 11.7 Å². The van der Waals surface area contributed by atoms with Crippen LogP contribution < -0.4 is 10.5 Å². The molecule has 0 saturated carbocycles. The van der Waals surface area contributed by atoms with Gasteiger partial charge in [0, 0.05) is 18.7 Å². The van der Waals surface area contributed by atoms with Gasteiger partial charge in [-0.25, -0.2) is 18.5 Å². The van der Waals surface area contributed by atoms with Crippen molar-refractivity contribution in [3.63, 3.8) is 0 Å². The number of aromatic nitrogens is 2. The first-order chi connectivity index (χ1) is 16.3. The minimum Gasteiger partial charge on any atom is -0.325 e. The minimum atomic E-state index is -3.70. The van der Waals surface area contributed by atoms with Crippen LogP contribution >= 0.6 is 11.6 Å². The Hall–Kier alpha value is -2.19. The molecule has 0 spiro atoms. The fraction of sp³-hybridized carbons (Fsp3) is 0.423. The molecule has 0 saturated heterocycles. The molecule has 0 aliphatic rings. The second-order valence-corrected chi connectivity index (χ2v) is 10.6. The predicted octanol–water partition coefficient (Wildman–Crippen LogP) is 5.98. The van der Waals surface area contributed by atoms with Gasteiger partial charge in [-0.1, -0.05) is 81.1 Å². The maximum Gasteiger partial charge on any atom is 0.238 e. The summed E-state index contributed by atoms with van der Waals surface area (Å²) in [5, 5.41) is 9.42. The van der Waals surface area contributed by atoms with Crippen LogP contribution in [0.25, 0.3) is 11.4 Å². The van der Waals surface area contributed by atoms with Gasteiger partial charge in [0.25, 0.3) is 0 Å². The molecule has 1 aromatic heterocycles. The van der Waals surface area contributed by atoms with Crippen molar-refractivity contribution < 1.29 is 8.42 Å². The highest BCUT2D eigenvalue weighted by molar-refractivity contribution is 7.89.